The van der Waals surface area contributed by atoms with Crippen molar-refractivity contribution in [1.29, 1.82) is 0 Å². The predicted molar refractivity (Wildman–Crippen MR) is 224 cm³/mol. The molecule has 0 unspecified atom stereocenters. The average molecular weight is 745 g/mol. The molecule has 0 aromatic carbocycles. The molecule has 0 bridgehead atoms. The van der Waals surface area contributed by atoms with Gasteiger partial charge in [0.25, 0.3) is 0 Å². The van der Waals surface area contributed by atoms with Crippen LogP contribution in [0.15, 0.2) is 36.5 Å². The largest absolute Gasteiger partial charge is 0.462 e. The van der Waals surface area contributed by atoms with E-state index in [9.17, 15) is 14.4 Å². The molecule has 308 valence electrons. The number of rotatable bonds is 40. The molecule has 0 saturated heterocycles. The predicted octanol–water partition coefficient (Wildman–Crippen LogP) is 14.2. The van der Waals surface area contributed by atoms with Crippen molar-refractivity contribution in [2.24, 2.45) is 0 Å². The van der Waals surface area contributed by atoms with Crippen LogP contribution in [-0.4, -0.2) is 37.2 Å². The summed E-state index contributed by atoms with van der Waals surface area (Å²) in [7, 11) is 0. The highest BCUT2D eigenvalue weighted by Gasteiger charge is 2.19. The first-order valence-electron chi connectivity index (χ1n) is 22.5. The molecule has 1 atom stereocenters. The average Bonchev–Trinajstić information content (AvgIpc) is 3.15. The molecule has 0 aliphatic rings. The van der Waals surface area contributed by atoms with Crippen LogP contribution in [0.25, 0.3) is 0 Å². The number of allylic oxidation sites excluding steroid dienone is 6. The standard InChI is InChI=1S/C47H84O6/c1-4-7-10-13-16-19-22-23-26-28-31-34-37-40-46(49)52-43-44(53-47(50)41-38-35-32-29-25-21-18-15-12-9-6-3)42-51-45(48)39-36-33-30-27-24-20-17-14-11-8-5-2/h14-15,17-19,22,44H,4-13,16,20-21,23-43H2,1-3H3/b17-14-,18-15-,22-19-/t44-/m0/s1. The monoisotopic (exact) mass is 745 g/mol. The topological polar surface area (TPSA) is 78.9 Å². The summed E-state index contributed by atoms with van der Waals surface area (Å²) in [6.07, 6.45) is 46.9. The molecule has 0 spiro atoms. The fraction of sp³-hybridized carbons (Fsp3) is 0.809. The molecule has 0 N–H and O–H groups in total. The second-order valence-electron chi connectivity index (χ2n) is 14.9. The van der Waals surface area contributed by atoms with Crippen LogP contribution in [0.3, 0.4) is 0 Å². The number of hydrogen-bond acceptors (Lipinski definition) is 6. The SMILES string of the molecule is CCCC/C=C\CCCCCCCC(=O)OC[C@@H](COC(=O)CCCCCCC/C=C\CCCCCC)OC(=O)CCCCCCC/C=C\CCCC. The van der Waals surface area contributed by atoms with E-state index in [1.165, 1.54) is 103 Å². The maximum atomic E-state index is 12.7. The zero-order chi connectivity index (χ0) is 38.7. The van der Waals surface area contributed by atoms with Crippen LogP contribution < -0.4 is 0 Å². The second-order valence-corrected chi connectivity index (χ2v) is 14.9. The molecular weight excluding hydrogens is 661 g/mol. The third-order valence-corrected chi connectivity index (χ3v) is 9.59. The van der Waals surface area contributed by atoms with Crippen LogP contribution in [0.1, 0.15) is 226 Å². The van der Waals surface area contributed by atoms with Gasteiger partial charge in [0, 0.05) is 19.3 Å². The number of esters is 3. The van der Waals surface area contributed by atoms with Gasteiger partial charge in [-0.05, 0) is 83.5 Å². The van der Waals surface area contributed by atoms with Crippen molar-refractivity contribution in [2.45, 2.75) is 232 Å². The van der Waals surface area contributed by atoms with Crippen LogP contribution in [0, 0.1) is 0 Å². The highest BCUT2D eigenvalue weighted by atomic mass is 16.6. The summed E-state index contributed by atoms with van der Waals surface area (Å²) in [5, 5.41) is 0. The fourth-order valence-corrected chi connectivity index (χ4v) is 6.10. The Hall–Kier alpha value is -2.37. The Bertz CT molecular complexity index is 907. The van der Waals surface area contributed by atoms with Gasteiger partial charge in [-0.15, -0.1) is 0 Å². The van der Waals surface area contributed by atoms with Gasteiger partial charge in [-0.3, -0.25) is 14.4 Å². The number of carbonyl (C=O) groups is 3. The molecule has 0 saturated carbocycles. The molecule has 0 aromatic rings. The van der Waals surface area contributed by atoms with Crippen LogP contribution in [0.4, 0.5) is 0 Å². The lowest BCUT2D eigenvalue weighted by Crippen LogP contribution is -2.30. The van der Waals surface area contributed by atoms with E-state index in [1.54, 1.807) is 0 Å². The highest BCUT2D eigenvalue weighted by Crippen LogP contribution is 2.13. The molecule has 0 fully saturated rings. The Kier molecular flexibility index (Phi) is 40.5. The number of hydrogen-bond donors (Lipinski definition) is 0. The minimum absolute atomic E-state index is 0.0820. The van der Waals surface area contributed by atoms with Gasteiger partial charge in [-0.25, -0.2) is 0 Å². The second kappa shape index (κ2) is 42.4. The van der Waals surface area contributed by atoms with E-state index in [2.05, 4.69) is 57.2 Å². The first-order valence-corrected chi connectivity index (χ1v) is 22.5. The van der Waals surface area contributed by atoms with Gasteiger partial charge >= 0.3 is 17.9 Å². The van der Waals surface area contributed by atoms with Gasteiger partial charge in [0.2, 0.25) is 0 Å². The molecule has 0 aromatic heterocycles. The highest BCUT2D eigenvalue weighted by molar-refractivity contribution is 5.71. The van der Waals surface area contributed by atoms with Gasteiger partial charge in [0.05, 0.1) is 0 Å². The van der Waals surface area contributed by atoms with E-state index in [4.69, 9.17) is 14.2 Å². The summed E-state index contributed by atoms with van der Waals surface area (Å²) in [4.78, 5) is 37.7. The number of ether oxygens (including phenoxy) is 3. The van der Waals surface area contributed by atoms with Crippen molar-refractivity contribution < 1.29 is 28.6 Å². The third kappa shape index (κ3) is 40.6. The summed E-state index contributed by atoms with van der Waals surface area (Å²) < 4.78 is 16.7. The van der Waals surface area contributed by atoms with Crippen molar-refractivity contribution in [3.63, 3.8) is 0 Å². The minimum Gasteiger partial charge on any atom is -0.462 e. The lowest BCUT2D eigenvalue weighted by molar-refractivity contribution is -0.167. The van der Waals surface area contributed by atoms with Crippen molar-refractivity contribution in [2.75, 3.05) is 13.2 Å². The lowest BCUT2D eigenvalue weighted by Gasteiger charge is -2.18. The summed E-state index contributed by atoms with van der Waals surface area (Å²) in [5.41, 5.74) is 0. The maximum absolute atomic E-state index is 12.7. The van der Waals surface area contributed by atoms with Crippen molar-refractivity contribution in [1.82, 2.24) is 0 Å². The smallest absolute Gasteiger partial charge is 0.306 e. The van der Waals surface area contributed by atoms with Gasteiger partial charge in [0.1, 0.15) is 13.2 Å². The number of unbranched alkanes of at least 4 members (excludes halogenated alkanes) is 23. The molecule has 0 amide bonds. The summed E-state index contributed by atoms with van der Waals surface area (Å²) in [6, 6.07) is 0. The van der Waals surface area contributed by atoms with Crippen LogP contribution in [-0.2, 0) is 28.6 Å². The van der Waals surface area contributed by atoms with Gasteiger partial charge in [0.15, 0.2) is 6.10 Å². The van der Waals surface area contributed by atoms with Crippen molar-refractivity contribution >= 4 is 17.9 Å². The molecule has 0 heterocycles. The Morgan fingerprint density at radius 2 is 0.642 bits per heavy atom. The number of carbonyl (C=O) groups excluding carboxylic acids is 3. The van der Waals surface area contributed by atoms with E-state index >= 15 is 0 Å². The Morgan fingerprint density at radius 1 is 0.358 bits per heavy atom. The van der Waals surface area contributed by atoms with Gasteiger partial charge in [-0.1, -0.05) is 160 Å². The molecule has 0 radical (unpaired) electrons. The third-order valence-electron chi connectivity index (χ3n) is 9.59. The molecule has 6 heteroatoms. The summed E-state index contributed by atoms with van der Waals surface area (Å²) in [5.74, 6) is -0.911. The van der Waals surface area contributed by atoms with Crippen molar-refractivity contribution in [3.05, 3.63) is 36.5 Å². The minimum atomic E-state index is -0.778. The lowest BCUT2D eigenvalue weighted by atomic mass is 10.1. The molecule has 0 aliphatic heterocycles. The van der Waals surface area contributed by atoms with Crippen LogP contribution >= 0.6 is 0 Å². The maximum Gasteiger partial charge on any atom is 0.306 e. The molecule has 0 rings (SSSR count). The first-order chi connectivity index (χ1) is 26.0. The van der Waals surface area contributed by atoms with Crippen LogP contribution in [0.2, 0.25) is 0 Å². The Balaban J connectivity index is 4.40. The first kappa shape index (κ1) is 50.6. The Labute approximate surface area is 327 Å². The Morgan fingerprint density at radius 3 is 1.00 bits per heavy atom. The molecule has 6 nitrogen and oxygen atoms in total. The molecular formula is C47H84O6. The van der Waals surface area contributed by atoms with Gasteiger partial charge < -0.3 is 14.2 Å². The van der Waals surface area contributed by atoms with Crippen LogP contribution in [0.5, 0.6) is 0 Å². The van der Waals surface area contributed by atoms with E-state index in [1.807, 2.05) is 0 Å². The summed E-state index contributed by atoms with van der Waals surface area (Å²) >= 11 is 0. The van der Waals surface area contributed by atoms with E-state index in [0.29, 0.717) is 19.3 Å². The molecule has 53 heavy (non-hydrogen) atoms. The fourth-order valence-electron chi connectivity index (χ4n) is 6.10. The normalized spacial score (nSPS) is 12.3. The van der Waals surface area contributed by atoms with Gasteiger partial charge in [-0.2, -0.15) is 0 Å². The summed E-state index contributed by atoms with van der Waals surface area (Å²) in [6.45, 7) is 6.51. The molecule has 0 aliphatic carbocycles. The van der Waals surface area contributed by atoms with Crippen molar-refractivity contribution in [3.8, 4) is 0 Å². The zero-order valence-corrected chi connectivity index (χ0v) is 35.0. The van der Waals surface area contributed by atoms with E-state index in [-0.39, 0.29) is 31.1 Å². The zero-order valence-electron chi connectivity index (χ0n) is 35.0. The van der Waals surface area contributed by atoms with E-state index in [0.717, 1.165) is 83.5 Å². The quantitative estimate of drug-likeness (QED) is 0.0269. The van der Waals surface area contributed by atoms with E-state index < -0.39 is 6.10 Å².